The van der Waals surface area contributed by atoms with E-state index in [0.717, 1.165) is 25.3 Å². The second kappa shape index (κ2) is 12.9. The van der Waals surface area contributed by atoms with E-state index in [0.29, 0.717) is 74.5 Å². The number of carbonyl (C=O) groups is 1. The molecular formula is C46H74FNO4. The van der Waals surface area contributed by atoms with Crippen molar-refractivity contribution in [1.82, 2.24) is 5.32 Å². The van der Waals surface area contributed by atoms with Crippen LogP contribution in [0.3, 0.4) is 0 Å². The van der Waals surface area contributed by atoms with Crippen LogP contribution in [0.4, 0.5) is 4.39 Å². The topological polar surface area (TPSA) is 89.8 Å². The van der Waals surface area contributed by atoms with Crippen LogP contribution in [-0.2, 0) is 4.79 Å². The van der Waals surface area contributed by atoms with Crippen LogP contribution in [0.1, 0.15) is 165 Å². The Bertz CT molecular complexity index is 1460. The highest BCUT2D eigenvalue weighted by atomic mass is 19.1. The van der Waals surface area contributed by atoms with Gasteiger partial charge in [-0.25, -0.2) is 4.39 Å². The summed E-state index contributed by atoms with van der Waals surface area (Å²) in [5.41, 5.74) is 1.09. The van der Waals surface area contributed by atoms with Crippen molar-refractivity contribution in [2.24, 2.45) is 62.6 Å². The van der Waals surface area contributed by atoms with Gasteiger partial charge in [0.2, 0.25) is 0 Å². The number of aliphatic hydroxyl groups is 2. The third-order valence-corrected chi connectivity index (χ3v) is 18.9. The van der Waals surface area contributed by atoms with Gasteiger partial charge in [0.1, 0.15) is 6.67 Å². The van der Waals surface area contributed by atoms with Crippen LogP contribution < -0.4 is 5.32 Å². The van der Waals surface area contributed by atoms with Crippen molar-refractivity contribution in [3.63, 3.8) is 0 Å². The Morgan fingerprint density at radius 1 is 0.827 bits per heavy atom. The molecule has 0 unspecified atom stereocenters. The molecule has 7 rings (SSSR count). The number of fused-ring (bicyclic) bond motifs is 7. The standard InChI is InChI=1S/C46H74FNO4/c1-30(2)32-13-20-46(48-28-27-45(52)24-21-40(5,51)22-25-45)26-23-42(7)34(37(32)46)9-10-36-41(6)16-14-33(39(3,4)35(41)15-17-43(36,42)8)31-11-18-44(29-47,19-12-31)38(49)50/h11,14,30,32,34-37,48,51-52H,9-10,12-13,15-29H2,1-8H3,(H,49,50)/t32-,34+,35-,36+,37+,40-,41-,42+,43+,44+,45-,46-/m0/s1. The summed E-state index contributed by atoms with van der Waals surface area (Å²) in [6.45, 7) is 20.0. The van der Waals surface area contributed by atoms with Crippen molar-refractivity contribution >= 4 is 5.97 Å². The summed E-state index contributed by atoms with van der Waals surface area (Å²) in [5, 5.41) is 36.1. The first-order valence-electron chi connectivity index (χ1n) is 21.6. The highest BCUT2D eigenvalue weighted by Gasteiger charge is 2.70. The Balaban J connectivity index is 1.13. The van der Waals surface area contributed by atoms with E-state index >= 15 is 0 Å². The van der Waals surface area contributed by atoms with Crippen LogP contribution in [0, 0.1) is 62.6 Å². The molecule has 0 radical (unpaired) electrons. The first-order chi connectivity index (χ1) is 24.2. The van der Waals surface area contributed by atoms with E-state index in [1.54, 1.807) is 0 Å². The summed E-state index contributed by atoms with van der Waals surface area (Å²) in [6, 6.07) is 0. The van der Waals surface area contributed by atoms with Crippen molar-refractivity contribution in [3.05, 3.63) is 23.3 Å². The number of carboxylic acid groups (broad SMARTS) is 1. The SMILES string of the molecule is CC(C)[C@@H]1CC[C@]2(NCC[C@]3(O)CC[C@](C)(O)CC3)CC[C@]3(C)[C@H](CC[C@@H]4[C@@]5(C)CC=C(C6=CC[C@@](CF)(C(=O)O)CC6)C(C)(C)[C@@H]5CC[C@]43C)[C@@H]12. The lowest BCUT2D eigenvalue weighted by molar-refractivity contribution is -0.223. The summed E-state index contributed by atoms with van der Waals surface area (Å²) < 4.78 is 14.0. The van der Waals surface area contributed by atoms with Crippen LogP contribution in [0.15, 0.2) is 23.3 Å². The molecule has 0 bridgehead atoms. The maximum atomic E-state index is 14.0. The fourth-order valence-corrected chi connectivity index (χ4v) is 15.4. The van der Waals surface area contributed by atoms with E-state index in [-0.39, 0.29) is 27.2 Å². The minimum Gasteiger partial charge on any atom is -0.481 e. The molecule has 0 amide bonds. The molecule has 5 fully saturated rings. The molecule has 0 saturated heterocycles. The Morgan fingerprint density at radius 2 is 1.54 bits per heavy atom. The van der Waals surface area contributed by atoms with E-state index in [1.165, 1.54) is 62.5 Å². The molecule has 6 heteroatoms. The molecule has 5 nitrogen and oxygen atoms in total. The summed E-state index contributed by atoms with van der Waals surface area (Å²) in [7, 11) is 0. The minimum atomic E-state index is -1.25. The Hall–Kier alpha value is -1.24. The molecule has 294 valence electrons. The van der Waals surface area contributed by atoms with Crippen LogP contribution in [0.5, 0.6) is 0 Å². The lowest BCUT2D eigenvalue weighted by Crippen LogP contribution is -2.68. The molecule has 0 aliphatic heterocycles. The van der Waals surface area contributed by atoms with Crippen LogP contribution in [0.25, 0.3) is 0 Å². The summed E-state index contributed by atoms with van der Waals surface area (Å²) in [6.07, 6.45) is 20.8. The van der Waals surface area contributed by atoms with E-state index in [2.05, 4.69) is 65.9 Å². The van der Waals surface area contributed by atoms with E-state index in [4.69, 9.17) is 0 Å². The Morgan fingerprint density at radius 3 is 2.15 bits per heavy atom. The van der Waals surface area contributed by atoms with Crippen molar-refractivity contribution < 1.29 is 24.5 Å². The zero-order valence-corrected chi connectivity index (χ0v) is 34.2. The maximum Gasteiger partial charge on any atom is 0.312 e. The van der Waals surface area contributed by atoms with E-state index < -0.39 is 29.3 Å². The fourth-order valence-electron chi connectivity index (χ4n) is 15.4. The smallest absolute Gasteiger partial charge is 0.312 e. The monoisotopic (exact) mass is 724 g/mol. The van der Waals surface area contributed by atoms with E-state index in [9.17, 15) is 24.5 Å². The van der Waals surface area contributed by atoms with Crippen molar-refractivity contribution in [1.29, 1.82) is 0 Å². The number of rotatable bonds is 8. The molecular weight excluding hydrogens is 650 g/mol. The second-order valence-corrected chi connectivity index (χ2v) is 21.9. The predicted octanol–water partition coefficient (Wildman–Crippen LogP) is 10.2. The molecule has 5 saturated carbocycles. The zero-order valence-electron chi connectivity index (χ0n) is 34.2. The van der Waals surface area contributed by atoms with Gasteiger partial charge in [0.05, 0.1) is 16.6 Å². The molecule has 0 spiro atoms. The van der Waals surface area contributed by atoms with Crippen molar-refractivity contribution in [2.75, 3.05) is 13.2 Å². The van der Waals surface area contributed by atoms with Gasteiger partial charge in [0, 0.05) is 5.54 Å². The van der Waals surface area contributed by atoms with Gasteiger partial charge in [-0.2, -0.15) is 0 Å². The number of hydrogen-bond donors (Lipinski definition) is 4. The third-order valence-electron chi connectivity index (χ3n) is 18.9. The van der Waals surface area contributed by atoms with Crippen LogP contribution in [-0.4, -0.2) is 51.2 Å². The van der Waals surface area contributed by atoms with Gasteiger partial charge < -0.3 is 20.6 Å². The van der Waals surface area contributed by atoms with Gasteiger partial charge in [-0.15, -0.1) is 0 Å². The average Bonchev–Trinajstić information content (AvgIpc) is 3.46. The number of halogens is 1. The van der Waals surface area contributed by atoms with Gasteiger partial charge in [-0.3, -0.25) is 4.79 Å². The quantitative estimate of drug-likeness (QED) is 0.200. The highest BCUT2D eigenvalue weighted by Crippen LogP contribution is 2.76. The predicted molar refractivity (Wildman–Crippen MR) is 207 cm³/mol. The van der Waals surface area contributed by atoms with Gasteiger partial charge in [-0.05, 0) is 191 Å². The molecule has 52 heavy (non-hydrogen) atoms. The lowest BCUT2D eigenvalue weighted by Gasteiger charge is -2.72. The van der Waals surface area contributed by atoms with Gasteiger partial charge >= 0.3 is 5.97 Å². The Labute approximate surface area is 315 Å². The lowest BCUT2D eigenvalue weighted by atomic mass is 9.32. The molecule has 4 N–H and O–H groups in total. The van der Waals surface area contributed by atoms with Crippen molar-refractivity contribution in [3.8, 4) is 0 Å². The second-order valence-electron chi connectivity index (χ2n) is 21.9. The summed E-state index contributed by atoms with van der Waals surface area (Å²) in [5.74, 6) is 3.02. The summed E-state index contributed by atoms with van der Waals surface area (Å²) in [4.78, 5) is 12.0. The van der Waals surface area contributed by atoms with Crippen LogP contribution >= 0.6 is 0 Å². The molecule has 0 aromatic carbocycles. The first-order valence-corrected chi connectivity index (χ1v) is 21.6. The number of carboxylic acids is 1. The third kappa shape index (κ3) is 5.78. The number of aliphatic carboxylic acids is 1. The van der Waals surface area contributed by atoms with Gasteiger partial charge in [-0.1, -0.05) is 60.6 Å². The van der Waals surface area contributed by atoms with E-state index in [1.807, 2.05) is 6.92 Å². The molecule has 0 aromatic rings. The maximum absolute atomic E-state index is 14.0. The minimum absolute atomic E-state index is 0.00507. The Kier molecular flexibility index (Phi) is 9.68. The average molecular weight is 724 g/mol. The highest BCUT2D eigenvalue weighted by molar-refractivity contribution is 5.75. The normalized spacial score (nSPS) is 50.0. The number of allylic oxidation sites excluding steroid dienone is 4. The molecule has 7 aliphatic carbocycles. The number of nitrogens with one attached hydrogen (secondary N) is 1. The van der Waals surface area contributed by atoms with Gasteiger partial charge in [0.15, 0.2) is 0 Å². The fraction of sp³-hybridized carbons (Fsp3) is 0.891. The summed E-state index contributed by atoms with van der Waals surface area (Å²) >= 11 is 0. The van der Waals surface area contributed by atoms with Crippen molar-refractivity contribution in [2.45, 2.75) is 181 Å². The number of hydrogen-bond acceptors (Lipinski definition) is 4. The number of alkyl halides is 1. The molecule has 7 aliphatic rings. The molecule has 0 aromatic heterocycles. The molecule has 0 heterocycles. The zero-order chi connectivity index (χ0) is 37.8. The molecule has 10 atom stereocenters. The largest absolute Gasteiger partial charge is 0.481 e. The van der Waals surface area contributed by atoms with Gasteiger partial charge in [0.25, 0.3) is 0 Å². The van der Waals surface area contributed by atoms with Crippen LogP contribution in [0.2, 0.25) is 0 Å². The first kappa shape index (κ1) is 39.0.